The Morgan fingerprint density at radius 1 is 1.00 bits per heavy atom. The number of amides is 1. The monoisotopic (exact) mass is 407 g/mol. The SMILES string of the molecule is O=C(Nc1ccc(N2CCOCC2)nc1)c1cn[nH]c1-c1ccc2c(c1)OCCO2. The average molecular weight is 407 g/mol. The maximum absolute atomic E-state index is 12.9. The number of nitrogens with zero attached hydrogens (tertiary/aromatic N) is 3. The van der Waals surface area contributed by atoms with Crippen molar-refractivity contribution in [3.05, 3.63) is 48.3 Å². The lowest BCUT2D eigenvalue weighted by atomic mass is 10.1. The van der Waals surface area contributed by atoms with Crippen LogP contribution < -0.4 is 19.7 Å². The molecule has 2 aromatic heterocycles. The zero-order valence-corrected chi connectivity index (χ0v) is 16.3. The number of carbonyl (C=O) groups is 1. The molecule has 0 bridgehead atoms. The van der Waals surface area contributed by atoms with Crippen LogP contribution in [0.4, 0.5) is 11.5 Å². The highest BCUT2D eigenvalue weighted by Crippen LogP contribution is 2.35. The third-order valence-electron chi connectivity index (χ3n) is 5.06. The number of ether oxygens (including phenoxy) is 3. The molecule has 3 aromatic rings. The molecule has 2 N–H and O–H groups in total. The van der Waals surface area contributed by atoms with Crippen molar-refractivity contribution in [3.63, 3.8) is 0 Å². The van der Waals surface area contributed by atoms with Gasteiger partial charge in [0.1, 0.15) is 19.0 Å². The maximum atomic E-state index is 12.9. The molecule has 5 rings (SSSR count). The van der Waals surface area contributed by atoms with Crippen molar-refractivity contribution in [1.29, 1.82) is 0 Å². The smallest absolute Gasteiger partial charge is 0.259 e. The molecule has 0 radical (unpaired) electrons. The minimum atomic E-state index is -0.269. The molecule has 4 heterocycles. The topological polar surface area (TPSA) is 102 Å². The summed E-state index contributed by atoms with van der Waals surface area (Å²) in [6.45, 7) is 4.05. The van der Waals surface area contributed by atoms with Gasteiger partial charge in [-0.2, -0.15) is 5.10 Å². The van der Waals surface area contributed by atoms with Gasteiger partial charge in [-0.3, -0.25) is 9.89 Å². The zero-order chi connectivity index (χ0) is 20.3. The number of nitrogens with one attached hydrogen (secondary N) is 2. The van der Waals surface area contributed by atoms with Gasteiger partial charge in [0.25, 0.3) is 5.91 Å². The van der Waals surface area contributed by atoms with Crippen LogP contribution in [0.1, 0.15) is 10.4 Å². The van der Waals surface area contributed by atoms with Gasteiger partial charge in [0.15, 0.2) is 11.5 Å². The Bertz CT molecular complexity index is 1040. The number of fused-ring (bicyclic) bond motifs is 1. The molecular formula is C21H21N5O4. The van der Waals surface area contributed by atoms with Crippen molar-refractivity contribution in [2.24, 2.45) is 0 Å². The Hall–Kier alpha value is -3.59. The summed E-state index contributed by atoms with van der Waals surface area (Å²) in [6.07, 6.45) is 3.17. The first-order chi connectivity index (χ1) is 14.8. The van der Waals surface area contributed by atoms with E-state index < -0.39 is 0 Å². The molecule has 1 saturated heterocycles. The fourth-order valence-corrected chi connectivity index (χ4v) is 3.52. The molecular weight excluding hydrogens is 386 g/mol. The van der Waals surface area contributed by atoms with Gasteiger partial charge in [-0.25, -0.2) is 4.98 Å². The predicted octanol–water partition coefficient (Wildman–Crippen LogP) is 2.33. The minimum absolute atomic E-state index is 0.269. The highest BCUT2D eigenvalue weighted by atomic mass is 16.6. The number of aromatic amines is 1. The fourth-order valence-electron chi connectivity index (χ4n) is 3.52. The maximum Gasteiger partial charge on any atom is 0.259 e. The Labute approximate surface area is 173 Å². The van der Waals surface area contributed by atoms with Gasteiger partial charge in [0.05, 0.1) is 42.6 Å². The molecule has 0 aliphatic carbocycles. The highest BCUT2D eigenvalue weighted by Gasteiger charge is 2.19. The number of H-pyrrole nitrogens is 1. The molecule has 1 amide bonds. The van der Waals surface area contributed by atoms with E-state index in [0.717, 1.165) is 24.5 Å². The number of rotatable bonds is 4. The lowest BCUT2D eigenvalue weighted by Gasteiger charge is -2.27. The van der Waals surface area contributed by atoms with Crippen LogP contribution in [0.25, 0.3) is 11.3 Å². The molecule has 9 heteroatoms. The van der Waals surface area contributed by atoms with E-state index >= 15 is 0 Å². The Morgan fingerprint density at radius 2 is 1.83 bits per heavy atom. The number of anilines is 2. The summed E-state index contributed by atoms with van der Waals surface area (Å²) in [5.41, 5.74) is 2.46. The number of carbonyl (C=O) groups excluding carboxylic acids is 1. The van der Waals surface area contributed by atoms with Crippen LogP contribution in [0.3, 0.4) is 0 Å². The molecule has 2 aliphatic rings. The van der Waals surface area contributed by atoms with Crippen LogP contribution in [-0.4, -0.2) is 60.6 Å². The summed E-state index contributed by atoms with van der Waals surface area (Å²) < 4.78 is 16.6. The number of pyridine rings is 1. The Kier molecular flexibility index (Phi) is 4.94. The van der Waals surface area contributed by atoms with Crippen molar-refractivity contribution in [2.75, 3.05) is 49.7 Å². The number of morpholine rings is 1. The van der Waals surface area contributed by atoms with Crippen molar-refractivity contribution in [3.8, 4) is 22.8 Å². The molecule has 0 spiro atoms. The molecule has 30 heavy (non-hydrogen) atoms. The minimum Gasteiger partial charge on any atom is -0.486 e. The second-order valence-corrected chi connectivity index (χ2v) is 6.98. The van der Waals surface area contributed by atoms with Crippen molar-refractivity contribution in [1.82, 2.24) is 15.2 Å². The van der Waals surface area contributed by atoms with Gasteiger partial charge in [-0.05, 0) is 30.3 Å². The van der Waals surface area contributed by atoms with Crippen LogP contribution in [0.2, 0.25) is 0 Å². The first-order valence-corrected chi connectivity index (χ1v) is 9.81. The molecule has 0 atom stereocenters. The Balaban J connectivity index is 1.32. The summed E-state index contributed by atoms with van der Waals surface area (Å²) in [4.78, 5) is 19.5. The van der Waals surface area contributed by atoms with Gasteiger partial charge in [-0.15, -0.1) is 0 Å². The molecule has 154 valence electrons. The summed E-state index contributed by atoms with van der Waals surface area (Å²) in [5.74, 6) is 1.95. The van der Waals surface area contributed by atoms with Crippen LogP contribution in [0.15, 0.2) is 42.7 Å². The first kappa shape index (κ1) is 18.4. The number of hydrogen-bond donors (Lipinski definition) is 2. The van der Waals surface area contributed by atoms with E-state index in [-0.39, 0.29) is 5.91 Å². The number of benzene rings is 1. The van der Waals surface area contributed by atoms with Crippen molar-refractivity contribution >= 4 is 17.4 Å². The number of aromatic nitrogens is 3. The second kappa shape index (κ2) is 8.03. The zero-order valence-electron chi connectivity index (χ0n) is 16.3. The Morgan fingerprint density at radius 3 is 2.63 bits per heavy atom. The van der Waals surface area contributed by atoms with Gasteiger partial charge in [-0.1, -0.05) is 0 Å². The van der Waals surface area contributed by atoms with Gasteiger partial charge in [0.2, 0.25) is 0 Å². The molecule has 1 fully saturated rings. The van der Waals surface area contributed by atoms with Crippen molar-refractivity contribution in [2.45, 2.75) is 0 Å². The average Bonchev–Trinajstić information content (AvgIpc) is 3.30. The summed E-state index contributed by atoms with van der Waals surface area (Å²) in [7, 11) is 0. The van der Waals surface area contributed by atoms with Crippen LogP contribution in [0.5, 0.6) is 11.5 Å². The molecule has 1 aromatic carbocycles. The van der Waals surface area contributed by atoms with E-state index in [1.807, 2.05) is 30.3 Å². The summed E-state index contributed by atoms with van der Waals surface area (Å²) in [5, 5.41) is 9.85. The summed E-state index contributed by atoms with van der Waals surface area (Å²) >= 11 is 0. The van der Waals surface area contributed by atoms with Gasteiger partial charge < -0.3 is 24.4 Å². The quantitative estimate of drug-likeness (QED) is 0.684. The molecule has 0 unspecified atom stereocenters. The van der Waals surface area contributed by atoms with Gasteiger partial charge in [0, 0.05) is 18.7 Å². The third kappa shape index (κ3) is 3.67. The second-order valence-electron chi connectivity index (χ2n) is 6.98. The van der Waals surface area contributed by atoms with Crippen LogP contribution in [-0.2, 0) is 4.74 Å². The van der Waals surface area contributed by atoms with Crippen LogP contribution in [0, 0.1) is 0 Å². The van der Waals surface area contributed by atoms with E-state index in [9.17, 15) is 4.79 Å². The highest BCUT2D eigenvalue weighted by molar-refractivity contribution is 6.08. The lowest BCUT2D eigenvalue weighted by Crippen LogP contribution is -2.36. The normalized spacial score (nSPS) is 15.7. The van der Waals surface area contributed by atoms with E-state index in [4.69, 9.17) is 14.2 Å². The largest absolute Gasteiger partial charge is 0.486 e. The molecule has 9 nitrogen and oxygen atoms in total. The lowest BCUT2D eigenvalue weighted by molar-refractivity contribution is 0.102. The number of hydrogen-bond acceptors (Lipinski definition) is 7. The van der Waals surface area contributed by atoms with Crippen LogP contribution >= 0.6 is 0 Å². The van der Waals surface area contributed by atoms with E-state index in [1.165, 1.54) is 6.20 Å². The first-order valence-electron chi connectivity index (χ1n) is 9.81. The predicted molar refractivity (Wildman–Crippen MR) is 110 cm³/mol. The van der Waals surface area contributed by atoms with E-state index in [1.54, 1.807) is 6.20 Å². The van der Waals surface area contributed by atoms with E-state index in [2.05, 4.69) is 25.4 Å². The fraction of sp³-hybridized carbons (Fsp3) is 0.286. The molecule has 2 aliphatic heterocycles. The summed E-state index contributed by atoms with van der Waals surface area (Å²) in [6, 6.07) is 9.30. The van der Waals surface area contributed by atoms with E-state index in [0.29, 0.717) is 54.9 Å². The van der Waals surface area contributed by atoms with Crippen molar-refractivity contribution < 1.29 is 19.0 Å². The molecule has 0 saturated carbocycles. The third-order valence-corrected chi connectivity index (χ3v) is 5.06. The standard InChI is InChI=1S/C21H21N5O4/c27-21(24-15-2-4-19(22-12-15)26-5-7-28-8-6-26)16-13-23-25-20(16)14-1-3-17-18(11-14)30-10-9-29-17/h1-4,11-13H,5-10H2,(H,23,25)(H,24,27). The van der Waals surface area contributed by atoms with Gasteiger partial charge >= 0.3 is 0 Å².